The van der Waals surface area contributed by atoms with Gasteiger partial charge < -0.3 is 20.1 Å². The van der Waals surface area contributed by atoms with Gasteiger partial charge in [0, 0.05) is 27.2 Å². The third kappa shape index (κ3) is 4.67. The molecule has 0 unspecified atom stereocenters. The van der Waals surface area contributed by atoms with Crippen LogP contribution in [0.15, 0.2) is 71.2 Å². The molecule has 0 amide bonds. The van der Waals surface area contributed by atoms with Crippen LogP contribution in [-0.4, -0.2) is 14.2 Å². The molecule has 0 bridgehead atoms. The maximum Gasteiger partial charge on any atom is 0.119 e. The quantitative estimate of drug-likeness (QED) is 0.537. The maximum absolute atomic E-state index is 5.19. The Kier molecular flexibility index (Phi) is 5.46. The van der Waals surface area contributed by atoms with Gasteiger partial charge in [-0.1, -0.05) is 15.9 Å². The Bertz CT molecular complexity index is 766. The normalized spacial score (nSPS) is 10.2. The largest absolute Gasteiger partial charge is 0.497 e. The van der Waals surface area contributed by atoms with Crippen LogP contribution < -0.4 is 20.1 Å². The molecule has 4 nitrogen and oxygen atoms in total. The van der Waals surface area contributed by atoms with Gasteiger partial charge in [0.15, 0.2) is 0 Å². The minimum atomic E-state index is 0.835. The van der Waals surface area contributed by atoms with E-state index >= 15 is 0 Å². The highest BCUT2D eigenvalue weighted by molar-refractivity contribution is 9.10. The number of hydrogen-bond donors (Lipinski definition) is 2. The van der Waals surface area contributed by atoms with Gasteiger partial charge >= 0.3 is 0 Å². The van der Waals surface area contributed by atoms with Crippen LogP contribution in [0.5, 0.6) is 11.5 Å². The third-order valence-electron chi connectivity index (χ3n) is 3.66. The fourth-order valence-electron chi connectivity index (χ4n) is 2.42. The molecule has 0 heterocycles. The van der Waals surface area contributed by atoms with Crippen LogP contribution in [0.4, 0.5) is 22.7 Å². The second-order valence-electron chi connectivity index (χ2n) is 5.44. The van der Waals surface area contributed by atoms with E-state index < -0.39 is 0 Å². The van der Waals surface area contributed by atoms with Crippen LogP contribution >= 0.6 is 15.9 Å². The number of rotatable bonds is 6. The second kappa shape index (κ2) is 7.94. The number of hydrogen-bond acceptors (Lipinski definition) is 4. The monoisotopic (exact) mass is 398 g/mol. The van der Waals surface area contributed by atoms with Crippen LogP contribution in [0.25, 0.3) is 0 Å². The predicted molar refractivity (Wildman–Crippen MR) is 107 cm³/mol. The average Bonchev–Trinajstić information content (AvgIpc) is 2.62. The number of nitrogens with one attached hydrogen (secondary N) is 2. The maximum atomic E-state index is 5.19. The van der Waals surface area contributed by atoms with Crippen molar-refractivity contribution in [1.29, 1.82) is 0 Å². The summed E-state index contributed by atoms with van der Waals surface area (Å²) in [6.45, 7) is 0. The molecule has 0 aliphatic carbocycles. The average molecular weight is 399 g/mol. The standard InChI is InChI=1S/C20H19BrN2O2/c1-24-19-7-3-15(4-8-19)22-17-11-14(21)12-18(13-17)23-16-5-9-20(25-2)10-6-16/h3-13,22-23H,1-2H3. The first-order chi connectivity index (χ1) is 12.2. The molecule has 5 heteroatoms. The van der Waals surface area contributed by atoms with Gasteiger partial charge in [-0.2, -0.15) is 0 Å². The Morgan fingerprint density at radius 2 is 1.00 bits per heavy atom. The van der Waals surface area contributed by atoms with Crippen molar-refractivity contribution in [2.45, 2.75) is 0 Å². The molecule has 0 saturated carbocycles. The Balaban J connectivity index is 1.76. The van der Waals surface area contributed by atoms with E-state index in [9.17, 15) is 0 Å². The fourth-order valence-corrected chi connectivity index (χ4v) is 2.91. The van der Waals surface area contributed by atoms with E-state index in [4.69, 9.17) is 9.47 Å². The van der Waals surface area contributed by atoms with Crippen molar-refractivity contribution in [3.63, 3.8) is 0 Å². The van der Waals surface area contributed by atoms with E-state index in [2.05, 4.69) is 32.6 Å². The third-order valence-corrected chi connectivity index (χ3v) is 4.11. The highest BCUT2D eigenvalue weighted by atomic mass is 79.9. The van der Waals surface area contributed by atoms with Crippen LogP contribution in [0, 0.1) is 0 Å². The topological polar surface area (TPSA) is 42.5 Å². The molecule has 128 valence electrons. The van der Waals surface area contributed by atoms with Crippen molar-refractivity contribution < 1.29 is 9.47 Å². The van der Waals surface area contributed by atoms with Crippen molar-refractivity contribution in [3.8, 4) is 11.5 Å². The summed E-state index contributed by atoms with van der Waals surface area (Å²) in [4.78, 5) is 0. The summed E-state index contributed by atoms with van der Waals surface area (Å²) in [5.74, 6) is 1.67. The lowest BCUT2D eigenvalue weighted by Gasteiger charge is -2.12. The highest BCUT2D eigenvalue weighted by Gasteiger charge is 2.02. The van der Waals surface area contributed by atoms with E-state index in [0.29, 0.717) is 0 Å². The summed E-state index contributed by atoms with van der Waals surface area (Å²) < 4.78 is 11.4. The van der Waals surface area contributed by atoms with Crippen LogP contribution in [0.3, 0.4) is 0 Å². The SMILES string of the molecule is COc1ccc(Nc2cc(Br)cc(Nc3ccc(OC)cc3)c2)cc1. The van der Waals surface area contributed by atoms with Gasteiger partial charge in [0.05, 0.1) is 14.2 Å². The molecule has 0 aliphatic rings. The molecule has 0 aliphatic heterocycles. The molecule has 25 heavy (non-hydrogen) atoms. The zero-order valence-electron chi connectivity index (χ0n) is 14.0. The zero-order chi connectivity index (χ0) is 17.6. The van der Waals surface area contributed by atoms with Gasteiger partial charge in [0.2, 0.25) is 0 Å². The first-order valence-electron chi connectivity index (χ1n) is 7.79. The van der Waals surface area contributed by atoms with Crippen LogP contribution in [0.1, 0.15) is 0 Å². The molecule has 0 fully saturated rings. The minimum absolute atomic E-state index is 0.835. The Hall–Kier alpha value is -2.66. The number of methoxy groups -OCH3 is 2. The minimum Gasteiger partial charge on any atom is -0.497 e. The molecule has 0 aromatic heterocycles. The van der Waals surface area contributed by atoms with E-state index in [-0.39, 0.29) is 0 Å². The molecule has 0 spiro atoms. The van der Waals surface area contributed by atoms with Gasteiger partial charge in [-0.3, -0.25) is 0 Å². The van der Waals surface area contributed by atoms with E-state index in [1.165, 1.54) is 0 Å². The molecule has 3 aromatic rings. The van der Waals surface area contributed by atoms with Crippen molar-refractivity contribution >= 4 is 38.7 Å². The Morgan fingerprint density at radius 1 is 0.600 bits per heavy atom. The van der Waals surface area contributed by atoms with Gasteiger partial charge in [-0.25, -0.2) is 0 Å². The van der Waals surface area contributed by atoms with Gasteiger partial charge in [0.1, 0.15) is 11.5 Å². The first-order valence-corrected chi connectivity index (χ1v) is 8.58. The van der Waals surface area contributed by atoms with Crippen molar-refractivity contribution in [2.24, 2.45) is 0 Å². The lowest BCUT2D eigenvalue weighted by Crippen LogP contribution is -1.94. The summed E-state index contributed by atoms with van der Waals surface area (Å²) in [5.41, 5.74) is 3.95. The molecule has 0 atom stereocenters. The van der Waals surface area contributed by atoms with E-state index in [1.54, 1.807) is 14.2 Å². The summed E-state index contributed by atoms with van der Waals surface area (Å²) in [6.07, 6.45) is 0. The summed E-state index contributed by atoms with van der Waals surface area (Å²) >= 11 is 3.57. The van der Waals surface area contributed by atoms with E-state index in [0.717, 1.165) is 38.7 Å². The summed E-state index contributed by atoms with van der Waals surface area (Å²) in [5, 5.41) is 6.79. The molecular formula is C20H19BrN2O2. The zero-order valence-corrected chi connectivity index (χ0v) is 15.6. The van der Waals surface area contributed by atoms with Gasteiger partial charge in [-0.05, 0) is 66.7 Å². The van der Waals surface area contributed by atoms with Crippen molar-refractivity contribution in [1.82, 2.24) is 0 Å². The molecular weight excluding hydrogens is 380 g/mol. The van der Waals surface area contributed by atoms with Crippen molar-refractivity contribution in [3.05, 3.63) is 71.2 Å². The lowest BCUT2D eigenvalue weighted by molar-refractivity contribution is 0.415. The molecule has 0 radical (unpaired) electrons. The summed E-state index contributed by atoms with van der Waals surface area (Å²) in [6, 6.07) is 21.8. The van der Waals surface area contributed by atoms with E-state index in [1.807, 2.05) is 60.7 Å². The van der Waals surface area contributed by atoms with Crippen LogP contribution in [0.2, 0.25) is 0 Å². The molecule has 3 rings (SSSR count). The van der Waals surface area contributed by atoms with Gasteiger partial charge in [-0.15, -0.1) is 0 Å². The molecule has 2 N–H and O–H groups in total. The Labute approximate surface area is 155 Å². The fraction of sp³-hybridized carbons (Fsp3) is 0.100. The van der Waals surface area contributed by atoms with Gasteiger partial charge in [0.25, 0.3) is 0 Å². The van der Waals surface area contributed by atoms with Crippen molar-refractivity contribution in [2.75, 3.05) is 24.9 Å². The highest BCUT2D eigenvalue weighted by Crippen LogP contribution is 2.29. The number of anilines is 4. The lowest BCUT2D eigenvalue weighted by atomic mass is 10.2. The smallest absolute Gasteiger partial charge is 0.119 e. The molecule has 0 saturated heterocycles. The van der Waals surface area contributed by atoms with Crippen LogP contribution in [-0.2, 0) is 0 Å². The predicted octanol–water partition coefficient (Wildman–Crippen LogP) is 5.95. The molecule has 3 aromatic carbocycles. The Morgan fingerprint density at radius 3 is 1.36 bits per heavy atom. The number of halogens is 1. The number of benzene rings is 3. The number of ether oxygens (including phenoxy) is 2. The summed E-state index contributed by atoms with van der Waals surface area (Å²) in [7, 11) is 3.32. The first kappa shape index (κ1) is 17.2. The second-order valence-corrected chi connectivity index (χ2v) is 6.35.